The van der Waals surface area contributed by atoms with Gasteiger partial charge in [0.1, 0.15) is 4.90 Å². The van der Waals surface area contributed by atoms with E-state index in [9.17, 15) is 8.42 Å². The number of aliphatic hydroxyl groups excluding tert-OH is 1. The van der Waals surface area contributed by atoms with E-state index in [1.807, 2.05) is 6.92 Å². The van der Waals surface area contributed by atoms with Gasteiger partial charge in [-0.3, -0.25) is 4.68 Å². The molecule has 0 aromatic carbocycles. The first-order valence-corrected chi connectivity index (χ1v) is 8.62. The summed E-state index contributed by atoms with van der Waals surface area (Å²) in [5.41, 5.74) is 2.25. The maximum Gasteiger partial charge on any atom is 0.247 e. The minimum absolute atomic E-state index is 0.0660. The van der Waals surface area contributed by atoms with Gasteiger partial charge in [-0.2, -0.15) is 9.40 Å². The quantitative estimate of drug-likeness (QED) is 0.830. The highest BCUT2D eigenvalue weighted by molar-refractivity contribution is 7.89. The topological polar surface area (TPSA) is 75.4 Å². The Morgan fingerprint density at radius 3 is 2.67 bits per heavy atom. The molecule has 1 aromatic rings. The van der Waals surface area contributed by atoms with Crippen LogP contribution in [0.4, 0.5) is 0 Å². The third-order valence-corrected chi connectivity index (χ3v) is 5.84. The number of aromatic nitrogens is 2. The molecule has 0 saturated heterocycles. The van der Waals surface area contributed by atoms with Crippen LogP contribution in [-0.2, 0) is 16.6 Å². The summed E-state index contributed by atoms with van der Waals surface area (Å²) in [5.74, 6) is 0. The molecule has 21 heavy (non-hydrogen) atoms. The Kier molecular flexibility index (Phi) is 4.85. The molecule has 0 atom stereocenters. The fraction of sp³-hybridized carbons (Fsp3) is 0.643. The van der Waals surface area contributed by atoms with Crippen LogP contribution in [0.1, 0.15) is 31.2 Å². The second kappa shape index (κ2) is 6.29. The highest BCUT2D eigenvalue weighted by Crippen LogP contribution is 2.26. The number of nitrogens with zero attached hydrogens (tertiary/aromatic N) is 3. The highest BCUT2D eigenvalue weighted by atomic mass is 32.2. The molecule has 1 aromatic heterocycles. The summed E-state index contributed by atoms with van der Waals surface area (Å²) in [6.07, 6.45) is 3.39. The first-order valence-electron chi connectivity index (χ1n) is 7.18. The van der Waals surface area contributed by atoms with E-state index >= 15 is 0 Å². The van der Waals surface area contributed by atoms with Crippen molar-refractivity contribution >= 4 is 10.0 Å². The molecule has 118 valence electrons. The molecule has 1 N–H and O–H groups in total. The van der Waals surface area contributed by atoms with Crippen molar-refractivity contribution in [2.75, 3.05) is 19.7 Å². The van der Waals surface area contributed by atoms with Crippen LogP contribution in [0.5, 0.6) is 0 Å². The molecule has 0 fully saturated rings. The van der Waals surface area contributed by atoms with Crippen LogP contribution in [0.25, 0.3) is 0 Å². The van der Waals surface area contributed by atoms with Crippen LogP contribution in [-0.4, -0.2) is 47.3 Å². The smallest absolute Gasteiger partial charge is 0.247 e. The van der Waals surface area contributed by atoms with Crippen LogP contribution in [0.15, 0.2) is 16.5 Å². The van der Waals surface area contributed by atoms with Gasteiger partial charge in [-0.05, 0) is 33.6 Å². The van der Waals surface area contributed by atoms with E-state index in [4.69, 9.17) is 5.11 Å². The number of hydrogen-bond donors (Lipinski definition) is 1. The normalized spacial score (nSPS) is 17.0. The maximum atomic E-state index is 12.9. The van der Waals surface area contributed by atoms with Crippen LogP contribution in [0.3, 0.4) is 0 Å². The Morgan fingerprint density at radius 2 is 2.05 bits per heavy atom. The van der Waals surface area contributed by atoms with Crippen molar-refractivity contribution < 1.29 is 13.5 Å². The minimum atomic E-state index is -3.51. The Labute approximate surface area is 126 Å². The molecule has 6 nitrogen and oxygen atoms in total. The Bertz CT molecular complexity index is 647. The Morgan fingerprint density at radius 1 is 1.33 bits per heavy atom. The lowest BCUT2D eigenvalue weighted by molar-refractivity contribution is 0.276. The third-order valence-electron chi connectivity index (χ3n) is 3.74. The average molecular weight is 313 g/mol. The van der Waals surface area contributed by atoms with E-state index in [0.717, 1.165) is 12.0 Å². The summed E-state index contributed by atoms with van der Waals surface area (Å²) in [6, 6.07) is 0. The van der Waals surface area contributed by atoms with Gasteiger partial charge < -0.3 is 5.11 Å². The zero-order chi connectivity index (χ0) is 15.6. The molecular formula is C14H23N3O3S. The molecule has 0 spiro atoms. The van der Waals surface area contributed by atoms with E-state index in [2.05, 4.69) is 11.2 Å². The number of aryl methyl sites for hydroxylation is 2. The molecule has 0 saturated carbocycles. The van der Waals surface area contributed by atoms with Gasteiger partial charge in [0.15, 0.2) is 0 Å². The predicted octanol–water partition coefficient (Wildman–Crippen LogP) is 1.22. The lowest BCUT2D eigenvalue weighted by atomic mass is 10.2. The van der Waals surface area contributed by atoms with Crippen molar-refractivity contribution in [3.63, 3.8) is 0 Å². The van der Waals surface area contributed by atoms with E-state index < -0.39 is 10.0 Å². The number of hydrogen-bond acceptors (Lipinski definition) is 4. The lowest BCUT2D eigenvalue weighted by Crippen LogP contribution is -2.36. The average Bonchev–Trinajstić information content (AvgIpc) is 2.71. The lowest BCUT2D eigenvalue weighted by Gasteiger charge is -2.25. The summed E-state index contributed by atoms with van der Waals surface area (Å²) in [5, 5.41) is 13.2. The second-order valence-electron chi connectivity index (χ2n) is 5.48. The number of sulfonamides is 1. The van der Waals surface area contributed by atoms with Crippen molar-refractivity contribution in [3.05, 3.63) is 23.0 Å². The summed E-state index contributed by atoms with van der Waals surface area (Å²) >= 11 is 0. The number of rotatable bonds is 5. The fourth-order valence-electron chi connectivity index (χ4n) is 2.70. The van der Waals surface area contributed by atoms with Crippen molar-refractivity contribution in [1.82, 2.24) is 14.1 Å². The number of aliphatic hydroxyl groups is 1. The summed E-state index contributed by atoms with van der Waals surface area (Å²) in [7, 11) is -3.51. The minimum Gasteiger partial charge on any atom is -0.396 e. The van der Waals surface area contributed by atoms with E-state index in [0.29, 0.717) is 42.3 Å². The van der Waals surface area contributed by atoms with E-state index in [1.54, 1.807) is 18.5 Å². The SMILES string of the molecule is CC1=CCCN(S(=O)(=O)c2c(C)nn(CCCO)c2C)C1. The van der Waals surface area contributed by atoms with Crippen LogP contribution < -0.4 is 0 Å². The standard InChI is InChI=1S/C14H23N3O3S/c1-11-6-4-7-16(10-11)21(19,20)14-12(2)15-17(13(14)3)8-5-9-18/h6,18H,4-5,7-10H2,1-3H3. The molecule has 7 heteroatoms. The monoisotopic (exact) mass is 313 g/mol. The van der Waals surface area contributed by atoms with Gasteiger partial charge in [0, 0.05) is 26.2 Å². The van der Waals surface area contributed by atoms with Crippen LogP contribution >= 0.6 is 0 Å². The molecule has 0 amide bonds. The molecule has 0 unspecified atom stereocenters. The van der Waals surface area contributed by atoms with Gasteiger partial charge >= 0.3 is 0 Å². The largest absolute Gasteiger partial charge is 0.396 e. The van der Waals surface area contributed by atoms with Crippen molar-refractivity contribution in [2.45, 2.75) is 45.1 Å². The van der Waals surface area contributed by atoms with Gasteiger partial charge in [0.2, 0.25) is 10.0 Å². The molecule has 1 aliphatic rings. The molecule has 2 heterocycles. The second-order valence-corrected chi connectivity index (χ2v) is 7.35. The zero-order valence-corrected chi connectivity index (χ0v) is 13.7. The predicted molar refractivity (Wildman–Crippen MR) is 80.5 cm³/mol. The summed E-state index contributed by atoms with van der Waals surface area (Å²) in [6.45, 7) is 7.00. The third kappa shape index (κ3) is 3.20. The van der Waals surface area contributed by atoms with Gasteiger partial charge in [-0.15, -0.1) is 0 Å². The molecule has 0 radical (unpaired) electrons. The first-order chi connectivity index (χ1) is 9.87. The molecule has 0 aliphatic carbocycles. The van der Waals surface area contributed by atoms with Crippen LogP contribution in [0.2, 0.25) is 0 Å². The summed E-state index contributed by atoms with van der Waals surface area (Å²) in [4.78, 5) is 0.315. The van der Waals surface area contributed by atoms with Crippen molar-refractivity contribution in [1.29, 1.82) is 0 Å². The molecule has 2 rings (SSSR count). The van der Waals surface area contributed by atoms with Crippen LogP contribution in [0, 0.1) is 13.8 Å². The van der Waals surface area contributed by atoms with Crippen molar-refractivity contribution in [2.24, 2.45) is 0 Å². The highest BCUT2D eigenvalue weighted by Gasteiger charge is 2.31. The van der Waals surface area contributed by atoms with Crippen molar-refractivity contribution in [3.8, 4) is 0 Å². The zero-order valence-electron chi connectivity index (χ0n) is 12.8. The van der Waals surface area contributed by atoms with Gasteiger partial charge in [-0.1, -0.05) is 11.6 Å². The maximum absolute atomic E-state index is 12.9. The fourth-order valence-corrected chi connectivity index (χ4v) is 4.57. The summed E-state index contributed by atoms with van der Waals surface area (Å²) < 4.78 is 28.9. The Balaban J connectivity index is 2.36. The first kappa shape index (κ1) is 16.2. The molecule has 0 bridgehead atoms. The van der Waals surface area contributed by atoms with Gasteiger partial charge in [-0.25, -0.2) is 8.42 Å². The Hall–Kier alpha value is -1.18. The molecule has 1 aliphatic heterocycles. The van der Waals surface area contributed by atoms with E-state index in [-0.39, 0.29) is 6.61 Å². The van der Waals surface area contributed by atoms with Gasteiger partial charge in [0.05, 0.1) is 11.4 Å². The molecular weight excluding hydrogens is 290 g/mol. The van der Waals surface area contributed by atoms with Gasteiger partial charge in [0.25, 0.3) is 0 Å². The van der Waals surface area contributed by atoms with E-state index in [1.165, 1.54) is 4.31 Å².